The van der Waals surface area contributed by atoms with Gasteiger partial charge in [-0.2, -0.15) is 0 Å². The first-order valence-electron chi connectivity index (χ1n) is 48.6. The van der Waals surface area contributed by atoms with Gasteiger partial charge in [0.2, 0.25) is 25.3 Å². The molecule has 0 amide bonds. The minimum atomic E-state index is 0.128. The second-order valence-corrected chi connectivity index (χ2v) is 37.2. The van der Waals surface area contributed by atoms with Crippen LogP contribution in [-0.2, 0) is 53.4 Å². The number of aliphatic hydroxyl groups is 2. The average Bonchev–Trinajstić information content (AvgIpc) is 1.67. The molecule has 41 heteroatoms. The lowest BCUT2D eigenvalue weighted by atomic mass is 10.1. The van der Waals surface area contributed by atoms with Gasteiger partial charge in [-0.05, 0) is 123 Å². The highest BCUT2D eigenvalue weighted by Crippen LogP contribution is 2.31. The van der Waals surface area contributed by atoms with Gasteiger partial charge in [0.25, 0.3) is 17.6 Å². The lowest BCUT2D eigenvalue weighted by molar-refractivity contribution is -0.914. The summed E-state index contributed by atoms with van der Waals surface area (Å²) in [5, 5.41) is 61.7. The molecular weight excluding hydrogens is 1790 g/mol. The maximum atomic E-state index is 8.89. The van der Waals surface area contributed by atoms with E-state index in [4.69, 9.17) is 64.6 Å². The quantitative estimate of drug-likeness (QED) is 0.00997. The molecule has 0 atom stereocenters. The van der Waals surface area contributed by atoms with Crippen molar-refractivity contribution >= 4 is 102 Å². The second kappa shape index (κ2) is 49.3. The molecule has 0 spiro atoms. The Morgan fingerprint density at radius 1 is 0.333 bits per heavy atom. The topological polar surface area (TPSA) is 455 Å². The third kappa shape index (κ3) is 28.5. The first kappa shape index (κ1) is 102. The number of rotatable bonds is 37. The van der Waals surface area contributed by atoms with E-state index in [1.165, 1.54) is 77.7 Å². The summed E-state index contributed by atoms with van der Waals surface area (Å²) in [4.78, 5) is 0. The molecule has 0 bridgehead atoms. The van der Waals surface area contributed by atoms with E-state index in [9.17, 15) is 0 Å². The van der Waals surface area contributed by atoms with Crippen LogP contribution in [0.1, 0.15) is 64.2 Å². The number of likely N-dealkylation sites (tertiary alicyclic amines) is 2. The van der Waals surface area contributed by atoms with Crippen LogP contribution in [0.15, 0.2) is 246 Å². The number of likely N-dealkylation sites (N-methyl/N-ethyl adjacent to an activating group) is 2. The molecule has 18 aromatic rings. The molecule has 20 heterocycles. The number of ether oxygens (including phenoxy) is 3. The van der Waals surface area contributed by atoms with Crippen molar-refractivity contribution in [2.45, 2.75) is 103 Å². The van der Waals surface area contributed by atoms with Gasteiger partial charge in [0.15, 0.2) is 23.3 Å². The fourth-order valence-electron chi connectivity index (χ4n) is 16.9. The largest absolute Gasteiger partial charge is 0.471 e. The highest BCUT2D eigenvalue weighted by molar-refractivity contribution is 5.83. The van der Waals surface area contributed by atoms with Gasteiger partial charge in [0.1, 0.15) is 148 Å². The Kier molecular flexibility index (Phi) is 35.5. The smallest absolute Gasteiger partial charge is 0.257 e. The van der Waals surface area contributed by atoms with Crippen molar-refractivity contribution < 1.29 is 56.1 Å². The first-order valence-corrected chi connectivity index (χ1v) is 48.6. The van der Waals surface area contributed by atoms with Gasteiger partial charge in [-0.15, -0.1) is 35.7 Å². The average molecular weight is 1930 g/mol. The molecule has 2 saturated heterocycles. The Morgan fingerprint density at radius 3 is 1.02 bits per heavy atom. The molecule has 20 rings (SSSR count). The molecule has 0 saturated carbocycles. The van der Waals surface area contributed by atoms with Crippen LogP contribution in [-0.4, -0.2) is 249 Å². The van der Waals surface area contributed by atoms with Gasteiger partial charge >= 0.3 is 0 Å². The summed E-state index contributed by atoms with van der Waals surface area (Å²) in [6, 6.07) is 40.8. The van der Waals surface area contributed by atoms with Crippen molar-refractivity contribution in [1.29, 1.82) is 0 Å². The normalized spacial score (nSPS) is 13.1. The maximum absolute atomic E-state index is 8.89. The van der Waals surface area contributed by atoms with Gasteiger partial charge < -0.3 is 99.3 Å². The van der Waals surface area contributed by atoms with Crippen LogP contribution in [0.3, 0.4) is 0 Å². The molecule has 0 aliphatic carbocycles. The highest BCUT2D eigenvalue weighted by Gasteiger charge is 2.28. The monoisotopic (exact) mass is 1930 g/mol. The Labute approximate surface area is 821 Å². The van der Waals surface area contributed by atoms with Gasteiger partial charge in [0, 0.05) is 88.7 Å². The van der Waals surface area contributed by atoms with Gasteiger partial charge in [0.05, 0.1) is 154 Å². The number of aryl methyl sites for hydroxylation is 4. The van der Waals surface area contributed by atoms with Crippen molar-refractivity contribution in [3.63, 3.8) is 0 Å². The van der Waals surface area contributed by atoms with Crippen molar-refractivity contribution in [1.82, 2.24) is 85.6 Å². The van der Waals surface area contributed by atoms with Gasteiger partial charge in [-0.1, -0.05) is 42.5 Å². The van der Waals surface area contributed by atoms with Crippen LogP contribution >= 0.6 is 0 Å². The van der Waals surface area contributed by atoms with Crippen molar-refractivity contribution in [2.24, 2.45) is 14.1 Å². The summed E-state index contributed by atoms with van der Waals surface area (Å²) in [6.45, 7) is 18.4. The van der Waals surface area contributed by atoms with Gasteiger partial charge in [-0.3, -0.25) is 0 Å². The number of anilines is 11. The SMILES string of the molecule is C[N+](C)(C)CCCCCNc1nn2ccccc2c1N.C[N+]1(CCOc2nn3ccccc3c2N)CCCC1.C[N+]1(CCOc2nn3ccccc3c2N)CCCCC1.C[n+]1ccn(CCCNc2nn3ccccc3c2N)c1.C[n+]1ccn(CCNc2nn3ccccc3c2N)c1.Nc1c(NCCC[n+]2ccn(CCO)c2)nn2ccccc12.Nc1c(OCCn2cc[n+](CCO)c2)nn2ccccc12. The highest BCUT2D eigenvalue weighted by atomic mass is 16.5. The molecule has 0 aromatic carbocycles. The van der Waals surface area contributed by atoms with Crippen LogP contribution in [0.5, 0.6) is 17.6 Å². The molecule has 20 N–H and O–H groups in total. The fraction of sp³-hybridized carbons (Fsp3) is 0.390. The first-order chi connectivity index (χ1) is 68.4. The van der Waals surface area contributed by atoms with Crippen LogP contribution < -0.4 is 93.9 Å². The molecule has 0 unspecified atom stereocenters. The molecule has 0 radical (unpaired) electrons. The second-order valence-electron chi connectivity index (χ2n) is 37.2. The molecule has 2 fully saturated rings. The molecule has 18 aromatic heterocycles. The summed E-state index contributed by atoms with van der Waals surface area (Å²) in [5.74, 6) is 4.59. The van der Waals surface area contributed by atoms with Crippen LogP contribution in [0.2, 0.25) is 0 Å². The number of fused-ring (bicyclic) bond motifs is 7. The number of piperidine rings is 1. The van der Waals surface area contributed by atoms with E-state index in [0.29, 0.717) is 91.2 Å². The Bertz CT molecular complexity index is 6880. The Morgan fingerprint density at radius 2 is 0.660 bits per heavy atom. The number of hydrogen-bond donors (Lipinski definition) is 13. The maximum Gasteiger partial charge on any atom is 0.257 e. The standard InChI is InChI=1S/C15H21N6O.C15H26N5.C15H23N4O.C14H19N6.C14H18N5O2.C14H21N4O.C13H17N6/c16-14-13-4-1-2-7-21(13)18-15(14)17-5-3-6-19-8-9-20(12-19)10-11-22;1-20(2,3)12-8-4-6-10-17-15-14(16)13-9-5-7-11-19(13)18-15;1-19(9-5-2-6-10-19)11-12-20-15-14(16)13-7-3-4-8-18(13)17-15;1-18-9-10-19(11-18)7-4-6-16-14-13(15)12-5-2-3-8-20(12)17-14;15-13-12-3-1-2-4-19(12)16-14(13)21-10-8-18-6-5-17(11-18)7-9-20;1-18(8-4-5-9-18)10-11-19-14-13(15)12-6-2-3-7-17(12)16-14;1-17-8-9-18(10-17)7-5-15-13-12(14)11-4-2-3-6-19(11)16-13/h1-2,4,7-9,12,22H,3,5-6,10-11,16H2,(H,17,18);5,7,9,11H,4,6,8,10,12,16H2,1-3H3,(H,17,18);3-4,7-8H,2,5-6,9-12,16H2,1H3;2-3,5,8-11H,4,6-7,15H2,1H3,(H,16,17);1-6,11,20H,7-10,15H2;2-3,6-7H,4-5,8-11,15H2,1H3;2-4,6,8-10H,5,7,14H2,1H3,(H,15,16)/q7*+1. The number of nitrogens with zero attached hydrogens (tertiary/aromatic N) is 25. The zero-order chi connectivity index (χ0) is 99.1. The number of hydrogen-bond acceptors (Lipinski definition) is 23. The summed E-state index contributed by atoms with van der Waals surface area (Å²) < 4.78 is 49.2. The number of nitrogens with two attached hydrogens (primary N) is 7. The number of quaternary nitrogens is 3. The van der Waals surface area contributed by atoms with E-state index in [1.807, 2.05) is 275 Å². The van der Waals surface area contributed by atoms with Crippen LogP contribution in [0.25, 0.3) is 38.6 Å². The number of aliphatic hydroxyl groups excluding tert-OH is 2. The van der Waals surface area contributed by atoms with E-state index < -0.39 is 0 Å². The van der Waals surface area contributed by atoms with Crippen LogP contribution in [0, 0.1) is 0 Å². The van der Waals surface area contributed by atoms with E-state index in [1.54, 1.807) is 27.1 Å². The number of pyridine rings is 7. The van der Waals surface area contributed by atoms with Gasteiger partial charge in [-0.25, -0.2) is 68.1 Å². The van der Waals surface area contributed by atoms with Crippen molar-refractivity contribution in [2.75, 3.05) is 202 Å². The lowest BCUT2D eigenvalue weighted by Gasteiger charge is -2.37. The molecule has 41 nitrogen and oxygen atoms in total. The van der Waals surface area contributed by atoms with E-state index in [0.717, 1.165) is 159 Å². The Hall–Kier alpha value is -15.3. The molecule has 2 aliphatic heterocycles. The van der Waals surface area contributed by atoms with Crippen LogP contribution in [0.4, 0.5) is 63.1 Å². The molecule has 748 valence electrons. The summed E-state index contributed by atoms with van der Waals surface area (Å²) in [6.07, 6.45) is 49.5. The number of unbranched alkanes of at least 4 members (excludes halogenated alkanes) is 2. The lowest BCUT2D eigenvalue weighted by Crippen LogP contribution is -2.50. The predicted molar refractivity (Wildman–Crippen MR) is 553 cm³/mol. The molecule has 141 heavy (non-hydrogen) atoms. The minimum absolute atomic E-state index is 0.128. The third-order valence-electron chi connectivity index (χ3n) is 24.9. The van der Waals surface area contributed by atoms with E-state index in [-0.39, 0.29) is 13.2 Å². The minimum Gasteiger partial charge on any atom is -0.471 e. The number of imidazole rings is 4. The number of aromatic nitrogens is 22. The summed E-state index contributed by atoms with van der Waals surface area (Å²) in [5.41, 5.74) is 53.5. The molecule has 2 aliphatic rings. The Balaban J connectivity index is 0.000000131. The predicted octanol–water partition coefficient (Wildman–Crippen LogP) is 7.94. The fourth-order valence-corrected chi connectivity index (χ4v) is 16.9. The van der Waals surface area contributed by atoms with E-state index >= 15 is 0 Å². The third-order valence-corrected chi connectivity index (χ3v) is 24.9. The molecular formula is C100H145N36O5+7. The van der Waals surface area contributed by atoms with Crippen molar-refractivity contribution in [3.05, 3.63) is 246 Å². The zero-order valence-electron chi connectivity index (χ0n) is 82.6. The summed E-state index contributed by atoms with van der Waals surface area (Å²) in [7, 11) is 15.3. The van der Waals surface area contributed by atoms with Crippen molar-refractivity contribution in [3.8, 4) is 17.6 Å². The van der Waals surface area contributed by atoms with E-state index in [2.05, 4.69) is 118 Å². The zero-order valence-corrected chi connectivity index (χ0v) is 82.6. The number of nitrogens with one attached hydrogen (secondary N) is 4. The number of nitrogen functional groups attached to an aromatic ring is 7. The summed E-state index contributed by atoms with van der Waals surface area (Å²) >= 11 is 0.